The third-order valence-corrected chi connectivity index (χ3v) is 3.38. The first kappa shape index (κ1) is 14.0. The number of carbonyl (C=O) groups is 2. The lowest BCUT2D eigenvalue weighted by molar-refractivity contribution is -0.137. The second kappa shape index (κ2) is 6.03. The van der Waals surface area contributed by atoms with Gasteiger partial charge in [-0.1, -0.05) is 13.8 Å². The van der Waals surface area contributed by atoms with Gasteiger partial charge in [0.05, 0.1) is 0 Å². The van der Waals surface area contributed by atoms with Gasteiger partial charge in [-0.05, 0) is 37.5 Å². The van der Waals surface area contributed by atoms with E-state index in [0.29, 0.717) is 30.7 Å². The lowest BCUT2D eigenvalue weighted by atomic mass is 9.92. The molecule has 1 rings (SSSR count). The van der Waals surface area contributed by atoms with Gasteiger partial charge in [-0.15, -0.1) is 0 Å². The van der Waals surface area contributed by atoms with Crippen LogP contribution >= 0.6 is 0 Å². The molecule has 0 aromatic rings. The van der Waals surface area contributed by atoms with E-state index in [-0.39, 0.29) is 12.3 Å². The van der Waals surface area contributed by atoms with Crippen molar-refractivity contribution in [3.05, 3.63) is 0 Å². The minimum absolute atomic E-state index is 0.0677. The predicted molar refractivity (Wildman–Crippen MR) is 65.7 cm³/mol. The Bertz CT molecular complexity index is 286. The molecule has 0 radical (unpaired) electrons. The highest BCUT2D eigenvalue weighted by atomic mass is 16.4. The molecular formula is C13H23NO3. The van der Waals surface area contributed by atoms with Crippen LogP contribution in [0.4, 0.5) is 0 Å². The molecular weight excluding hydrogens is 218 g/mol. The summed E-state index contributed by atoms with van der Waals surface area (Å²) in [6.07, 6.45) is 5.12. The van der Waals surface area contributed by atoms with Gasteiger partial charge in [0.25, 0.3) is 0 Å². The number of hydrogen-bond donors (Lipinski definition) is 2. The number of unbranched alkanes of at least 4 members (excludes halogenated alkanes) is 1. The Hall–Kier alpha value is -1.06. The number of aliphatic carboxylic acids is 1. The summed E-state index contributed by atoms with van der Waals surface area (Å²) in [6, 6.07) is 0.317. The fraction of sp³-hybridized carbons (Fsp3) is 0.846. The summed E-state index contributed by atoms with van der Waals surface area (Å²) in [5.41, 5.74) is 0.348. The van der Waals surface area contributed by atoms with Gasteiger partial charge in [0.1, 0.15) is 0 Å². The minimum atomic E-state index is -0.789. The average molecular weight is 241 g/mol. The molecule has 1 amide bonds. The number of hydrogen-bond acceptors (Lipinski definition) is 2. The molecule has 0 saturated heterocycles. The molecule has 1 atom stereocenters. The van der Waals surface area contributed by atoms with Crippen LogP contribution < -0.4 is 5.32 Å². The van der Waals surface area contributed by atoms with Gasteiger partial charge in [-0.3, -0.25) is 9.59 Å². The lowest BCUT2D eigenvalue weighted by Gasteiger charge is -2.17. The zero-order valence-electron chi connectivity index (χ0n) is 10.8. The number of rotatable bonds is 6. The van der Waals surface area contributed by atoms with Crippen molar-refractivity contribution in [2.75, 3.05) is 0 Å². The zero-order chi connectivity index (χ0) is 12.9. The maximum absolute atomic E-state index is 11.6. The topological polar surface area (TPSA) is 66.4 Å². The maximum atomic E-state index is 11.6. The van der Waals surface area contributed by atoms with Crippen LogP contribution in [0.25, 0.3) is 0 Å². The summed E-state index contributed by atoms with van der Waals surface area (Å²) in [5, 5.41) is 11.5. The van der Waals surface area contributed by atoms with E-state index in [1.807, 2.05) is 0 Å². The Morgan fingerprint density at radius 1 is 1.29 bits per heavy atom. The van der Waals surface area contributed by atoms with Gasteiger partial charge in [0.2, 0.25) is 5.91 Å². The van der Waals surface area contributed by atoms with Gasteiger partial charge in [0.15, 0.2) is 0 Å². The van der Waals surface area contributed by atoms with Crippen LogP contribution in [0.5, 0.6) is 0 Å². The average Bonchev–Trinajstić information content (AvgIpc) is 2.52. The number of amides is 1. The number of carboxylic acids is 1. The molecule has 1 aliphatic carbocycles. The first-order valence-corrected chi connectivity index (χ1v) is 6.40. The van der Waals surface area contributed by atoms with Crippen LogP contribution in [-0.4, -0.2) is 23.0 Å². The standard InChI is InChI=1S/C13H23NO3/c1-13(2)8-7-10(9-13)14-11(15)5-3-4-6-12(16)17/h10H,3-9H2,1-2H3,(H,14,15)(H,16,17). The van der Waals surface area contributed by atoms with Crippen LogP contribution in [0.2, 0.25) is 0 Å². The smallest absolute Gasteiger partial charge is 0.303 e. The Morgan fingerprint density at radius 2 is 1.94 bits per heavy atom. The van der Waals surface area contributed by atoms with E-state index in [4.69, 9.17) is 5.11 Å². The molecule has 1 fully saturated rings. The summed E-state index contributed by atoms with van der Waals surface area (Å²) in [6.45, 7) is 4.46. The minimum Gasteiger partial charge on any atom is -0.481 e. The molecule has 0 spiro atoms. The van der Waals surface area contributed by atoms with E-state index in [1.165, 1.54) is 0 Å². The first-order chi connectivity index (χ1) is 7.89. The van der Waals surface area contributed by atoms with Crippen molar-refractivity contribution >= 4 is 11.9 Å². The lowest BCUT2D eigenvalue weighted by Crippen LogP contribution is -2.33. The summed E-state index contributed by atoms with van der Waals surface area (Å²) in [5.74, 6) is -0.721. The number of nitrogens with one attached hydrogen (secondary N) is 1. The van der Waals surface area contributed by atoms with Crippen molar-refractivity contribution in [1.29, 1.82) is 0 Å². The second-order valence-corrected chi connectivity index (χ2v) is 5.77. The Balaban J connectivity index is 2.11. The second-order valence-electron chi connectivity index (χ2n) is 5.77. The fourth-order valence-electron chi connectivity index (χ4n) is 2.42. The number of carboxylic acid groups (broad SMARTS) is 1. The summed E-state index contributed by atoms with van der Waals surface area (Å²) in [4.78, 5) is 21.9. The fourth-order valence-corrected chi connectivity index (χ4v) is 2.42. The third-order valence-electron chi connectivity index (χ3n) is 3.38. The molecule has 0 heterocycles. The van der Waals surface area contributed by atoms with Crippen molar-refractivity contribution in [3.63, 3.8) is 0 Å². The molecule has 4 nitrogen and oxygen atoms in total. The molecule has 1 aliphatic rings. The maximum Gasteiger partial charge on any atom is 0.303 e. The number of carbonyl (C=O) groups excluding carboxylic acids is 1. The van der Waals surface area contributed by atoms with Crippen LogP contribution in [0, 0.1) is 5.41 Å². The quantitative estimate of drug-likeness (QED) is 0.701. The van der Waals surface area contributed by atoms with E-state index in [0.717, 1.165) is 19.3 Å². The van der Waals surface area contributed by atoms with Crippen molar-refractivity contribution < 1.29 is 14.7 Å². The van der Waals surface area contributed by atoms with E-state index in [2.05, 4.69) is 19.2 Å². The third kappa shape index (κ3) is 5.71. The molecule has 0 aliphatic heterocycles. The van der Waals surface area contributed by atoms with E-state index in [9.17, 15) is 9.59 Å². The normalized spacial score (nSPS) is 22.4. The van der Waals surface area contributed by atoms with Gasteiger partial charge >= 0.3 is 5.97 Å². The molecule has 17 heavy (non-hydrogen) atoms. The molecule has 4 heteroatoms. The zero-order valence-corrected chi connectivity index (χ0v) is 10.8. The molecule has 1 unspecified atom stereocenters. The Morgan fingerprint density at radius 3 is 2.47 bits per heavy atom. The molecule has 98 valence electrons. The van der Waals surface area contributed by atoms with Gasteiger partial charge < -0.3 is 10.4 Å². The van der Waals surface area contributed by atoms with Crippen LogP contribution in [-0.2, 0) is 9.59 Å². The largest absolute Gasteiger partial charge is 0.481 e. The van der Waals surface area contributed by atoms with Crippen LogP contribution in [0.15, 0.2) is 0 Å². The predicted octanol–water partition coefficient (Wildman–Crippen LogP) is 2.33. The Kier molecular flexibility index (Phi) is 4.97. The SMILES string of the molecule is CC1(C)CCC(NC(=O)CCCCC(=O)O)C1. The van der Waals surface area contributed by atoms with Gasteiger partial charge in [-0.25, -0.2) is 0 Å². The highest BCUT2D eigenvalue weighted by Crippen LogP contribution is 2.36. The van der Waals surface area contributed by atoms with E-state index in [1.54, 1.807) is 0 Å². The van der Waals surface area contributed by atoms with Gasteiger partial charge in [0, 0.05) is 18.9 Å². The van der Waals surface area contributed by atoms with Crippen LogP contribution in [0.1, 0.15) is 58.8 Å². The van der Waals surface area contributed by atoms with Crippen molar-refractivity contribution in [2.45, 2.75) is 64.8 Å². The molecule has 0 aromatic heterocycles. The monoisotopic (exact) mass is 241 g/mol. The van der Waals surface area contributed by atoms with E-state index < -0.39 is 5.97 Å². The van der Waals surface area contributed by atoms with Crippen molar-refractivity contribution in [3.8, 4) is 0 Å². The molecule has 0 bridgehead atoms. The van der Waals surface area contributed by atoms with Crippen molar-refractivity contribution in [2.24, 2.45) is 5.41 Å². The molecule has 1 saturated carbocycles. The molecule has 0 aromatic carbocycles. The van der Waals surface area contributed by atoms with Crippen molar-refractivity contribution in [1.82, 2.24) is 5.32 Å². The highest BCUT2D eigenvalue weighted by molar-refractivity contribution is 5.76. The Labute approximate surface area is 103 Å². The van der Waals surface area contributed by atoms with Gasteiger partial charge in [-0.2, -0.15) is 0 Å². The highest BCUT2D eigenvalue weighted by Gasteiger charge is 2.31. The molecule has 2 N–H and O–H groups in total. The first-order valence-electron chi connectivity index (χ1n) is 6.40. The summed E-state index contributed by atoms with van der Waals surface area (Å²) >= 11 is 0. The summed E-state index contributed by atoms with van der Waals surface area (Å²) < 4.78 is 0. The van der Waals surface area contributed by atoms with E-state index >= 15 is 0 Å². The summed E-state index contributed by atoms with van der Waals surface area (Å²) in [7, 11) is 0. The van der Waals surface area contributed by atoms with Crippen LogP contribution in [0.3, 0.4) is 0 Å².